The third kappa shape index (κ3) is 2.93. The summed E-state index contributed by atoms with van der Waals surface area (Å²) in [5, 5.41) is 9.21. The first-order chi connectivity index (χ1) is 8.30. The maximum atomic E-state index is 12.4. The number of carbonyl (C=O) groups is 2. The third-order valence-electron chi connectivity index (χ3n) is 3.52. The SMILES string of the molecule is CCN(C(=O)N1CCN(C)CC1)C(C)(C)C(=O)O. The van der Waals surface area contributed by atoms with Gasteiger partial charge in [0.2, 0.25) is 0 Å². The third-order valence-corrected chi connectivity index (χ3v) is 3.52. The number of amides is 2. The molecule has 6 heteroatoms. The molecule has 0 aromatic heterocycles. The number of rotatable bonds is 3. The largest absolute Gasteiger partial charge is 0.480 e. The highest BCUT2D eigenvalue weighted by molar-refractivity contribution is 5.85. The Morgan fingerprint density at radius 1 is 1.22 bits per heavy atom. The quantitative estimate of drug-likeness (QED) is 0.801. The molecule has 0 spiro atoms. The van der Waals surface area contributed by atoms with Gasteiger partial charge in [-0.2, -0.15) is 0 Å². The summed E-state index contributed by atoms with van der Waals surface area (Å²) >= 11 is 0. The number of carboxylic acids is 1. The summed E-state index contributed by atoms with van der Waals surface area (Å²) in [6, 6.07) is -0.182. The molecule has 0 aliphatic carbocycles. The minimum Gasteiger partial charge on any atom is -0.480 e. The van der Waals surface area contributed by atoms with Gasteiger partial charge in [-0.05, 0) is 27.8 Å². The zero-order valence-corrected chi connectivity index (χ0v) is 11.6. The van der Waals surface area contributed by atoms with Crippen LogP contribution >= 0.6 is 0 Å². The minimum atomic E-state index is -1.17. The molecule has 0 bridgehead atoms. The Labute approximate surface area is 108 Å². The van der Waals surface area contributed by atoms with Crippen LogP contribution in [-0.2, 0) is 4.79 Å². The van der Waals surface area contributed by atoms with Crippen LogP contribution < -0.4 is 0 Å². The van der Waals surface area contributed by atoms with E-state index in [9.17, 15) is 14.7 Å². The molecule has 0 saturated carbocycles. The Balaban J connectivity index is 2.77. The van der Waals surface area contributed by atoms with Crippen LogP contribution in [0.2, 0.25) is 0 Å². The normalized spacial score (nSPS) is 17.7. The zero-order chi connectivity index (χ0) is 13.9. The Kier molecular flexibility index (Phi) is 4.56. The molecule has 1 aliphatic rings. The standard InChI is InChI=1S/C12H23N3O3/c1-5-15(12(2,3)10(16)17)11(18)14-8-6-13(4)7-9-14/h5-9H2,1-4H3,(H,16,17). The molecule has 1 heterocycles. The van der Waals surface area contributed by atoms with E-state index >= 15 is 0 Å². The molecule has 0 aromatic carbocycles. The van der Waals surface area contributed by atoms with Gasteiger partial charge in [-0.25, -0.2) is 9.59 Å². The van der Waals surface area contributed by atoms with E-state index in [-0.39, 0.29) is 6.03 Å². The van der Waals surface area contributed by atoms with Gasteiger partial charge in [-0.1, -0.05) is 0 Å². The number of carbonyl (C=O) groups excluding carboxylic acids is 1. The summed E-state index contributed by atoms with van der Waals surface area (Å²) < 4.78 is 0. The average molecular weight is 257 g/mol. The smallest absolute Gasteiger partial charge is 0.329 e. The fourth-order valence-corrected chi connectivity index (χ4v) is 2.05. The lowest BCUT2D eigenvalue weighted by atomic mass is 10.0. The number of likely N-dealkylation sites (N-methyl/N-ethyl adjacent to an activating group) is 2. The molecule has 1 aliphatic heterocycles. The molecule has 18 heavy (non-hydrogen) atoms. The van der Waals surface area contributed by atoms with Crippen molar-refractivity contribution in [2.24, 2.45) is 0 Å². The maximum Gasteiger partial charge on any atom is 0.329 e. The molecular formula is C12H23N3O3. The molecule has 1 N–H and O–H groups in total. The first kappa shape index (κ1) is 14.8. The zero-order valence-electron chi connectivity index (χ0n) is 11.6. The lowest BCUT2D eigenvalue weighted by Crippen LogP contribution is -2.59. The van der Waals surface area contributed by atoms with Gasteiger partial charge in [-0.15, -0.1) is 0 Å². The molecule has 0 unspecified atom stereocenters. The summed E-state index contributed by atoms with van der Waals surface area (Å²) in [5.41, 5.74) is -1.17. The Bertz CT molecular complexity index is 323. The van der Waals surface area contributed by atoms with Crippen molar-refractivity contribution in [2.75, 3.05) is 39.8 Å². The van der Waals surface area contributed by atoms with Crippen LogP contribution in [-0.4, -0.2) is 77.1 Å². The van der Waals surface area contributed by atoms with Crippen LogP contribution in [0.3, 0.4) is 0 Å². The van der Waals surface area contributed by atoms with Crippen molar-refractivity contribution in [2.45, 2.75) is 26.3 Å². The molecule has 0 aromatic rings. The van der Waals surface area contributed by atoms with E-state index in [1.807, 2.05) is 7.05 Å². The van der Waals surface area contributed by atoms with Crippen molar-refractivity contribution < 1.29 is 14.7 Å². The van der Waals surface area contributed by atoms with E-state index < -0.39 is 11.5 Å². The molecule has 1 fully saturated rings. The average Bonchev–Trinajstić information content (AvgIpc) is 2.30. The Morgan fingerprint density at radius 2 is 1.72 bits per heavy atom. The van der Waals surface area contributed by atoms with E-state index in [4.69, 9.17) is 0 Å². The fourth-order valence-electron chi connectivity index (χ4n) is 2.05. The van der Waals surface area contributed by atoms with Gasteiger partial charge >= 0.3 is 12.0 Å². The second-order valence-corrected chi connectivity index (χ2v) is 5.18. The van der Waals surface area contributed by atoms with Crippen LogP contribution in [0, 0.1) is 0 Å². The minimum absolute atomic E-state index is 0.182. The number of hydrogen-bond donors (Lipinski definition) is 1. The van der Waals surface area contributed by atoms with Crippen molar-refractivity contribution >= 4 is 12.0 Å². The van der Waals surface area contributed by atoms with Crippen LogP contribution in [0.15, 0.2) is 0 Å². The van der Waals surface area contributed by atoms with Crippen molar-refractivity contribution in [1.82, 2.24) is 14.7 Å². The number of hydrogen-bond acceptors (Lipinski definition) is 3. The van der Waals surface area contributed by atoms with Crippen molar-refractivity contribution in [3.63, 3.8) is 0 Å². The van der Waals surface area contributed by atoms with E-state index in [0.29, 0.717) is 19.6 Å². The van der Waals surface area contributed by atoms with Gasteiger partial charge in [0.15, 0.2) is 0 Å². The van der Waals surface area contributed by atoms with Crippen LogP contribution in [0.5, 0.6) is 0 Å². The van der Waals surface area contributed by atoms with Crippen LogP contribution in [0.1, 0.15) is 20.8 Å². The fraction of sp³-hybridized carbons (Fsp3) is 0.833. The Morgan fingerprint density at radius 3 is 2.11 bits per heavy atom. The summed E-state index contributed by atoms with van der Waals surface area (Å²) in [6.07, 6.45) is 0. The number of urea groups is 1. The second kappa shape index (κ2) is 5.56. The molecule has 2 amide bonds. The predicted octanol–water partition coefficient (Wildman–Crippen LogP) is 0.539. The lowest BCUT2D eigenvalue weighted by Gasteiger charge is -2.40. The first-order valence-electron chi connectivity index (χ1n) is 6.29. The number of piperazine rings is 1. The number of nitrogens with zero attached hydrogens (tertiary/aromatic N) is 3. The van der Waals surface area contributed by atoms with Gasteiger partial charge in [0.25, 0.3) is 0 Å². The van der Waals surface area contributed by atoms with Gasteiger partial charge in [0, 0.05) is 32.7 Å². The maximum absolute atomic E-state index is 12.4. The predicted molar refractivity (Wildman–Crippen MR) is 68.6 cm³/mol. The van der Waals surface area contributed by atoms with Gasteiger partial charge in [0.05, 0.1) is 0 Å². The molecule has 104 valence electrons. The van der Waals surface area contributed by atoms with Crippen molar-refractivity contribution in [3.8, 4) is 0 Å². The van der Waals surface area contributed by atoms with E-state index in [2.05, 4.69) is 4.90 Å². The highest BCUT2D eigenvalue weighted by atomic mass is 16.4. The van der Waals surface area contributed by atoms with Crippen molar-refractivity contribution in [1.29, 1.82) is 0 Å². The van der Waals surface area contributed by atoms with Gasteiger partial charge in [0.1, 0.15) is 5.54 Å². The lowest BCUT2D eigenvalue weighted by molar-refractivity contribution is -0.147. The summed E-state index contributed by atoms with van der Waals surface area (Å²) in [5.74, 6) is -0.980. The summed E-state index contributed by atoms with van der Waals surface area (Å²) in [7, 11) is 2.01. The first-order valence-corrected chi connectivity index (χ1v) is 6.29. The van der Waals surface area contributed by atoms with Gasteiger partial charge < -0.3 is 19.8 Å². The van der Waals surface area contributed by atoms with E-state index in [1.165, 1.54) is 4.90 Å². The monoisotopic (exact) mass is 257 g/mol. The topological polar surface area (TPSA) is 64.1 Å². The molecule has 0 radical (unpaired) electrons. The van der Waals surface area contributed by atoms with Crippen LogP contribution in [0.4, 0.5) is 4.79 Å². The summed E-state index contributed by atoms with van der Waals surface area (Å²) in [6.45, 7) is 8.29. The molecule has 6 nitrogen and oxygen atoms in total. The highest BCUT2D eigenvalue weighted by Crippen LogP contribution is 2.17. The Hall–Kier alpha value is -1.30. The van der Waals surface area contributed by atoms with Crippen molar-refractivity contribution in [3.05, 3.63) is 0 Å². The molecule has 1 rings (SSSR count). The van der Waals surface area contributed by atoms with Gasteiger partial charge in [-0.3, -0.25) is 0 Å². The number of carboxylic acid groups (broad SMARTS) is 1. The second-order valence-electron chi connectivity index (χ2n) is 5.18. The number of aliphatic carboxylic acids is 1. The van der Waals surface area contributed by atoms with Crippen LogP contribution in [0.25, 0.3) is 0 Å². The van der Waals surface area contributed by atoms with E-state index in [0.717, 1.165) is 13.1 Å². The molecule has 1 saturated heterocycles. The summed E-state index contributed by atoms with van der Waals surface area (Å²) in [4.78, 5) is 28.9. The molecule has 0 atom stereocenters. The highest BCUT2D eigenvalue weighted by Gasteiger charge is 2.39. The molecular weight excluding hydrogens is 234 g/mol. The van der Waals surface area contributed by atoms with E-state index in [1.54, 1.807) is 25.7 Å².